The molecule has 4 heteroatoms. The van der Waals surface area contributed by atoms with E-state index in [1.54, 1.807) is 0 Å². The number of rotatable bonds is 7. The molecule has 0 rings (SSSR count). The maximum Gasteiger partial charge on any atom is 0.320 e. The monoisotopic (exact) mass is 265 g/mol. The molecule has 0 aromatic heterocycles. The fourth-order valence-electron chi connectivity index (χ4n) is 1.08. The van der Waals surface area contributed by atoms with Gasteiger partial charge in [-0.3, -0.25) is 4.79 Å². The second-order valence-corrected chi connectivity index (χ2v) is 4.84. The lowest BCUT2D eigenvalue weighted by atomic mass is 10.1. The normalized spacial score (nSPS) is 12.9. The summed E-state index contributed by atoms with van der Waals surface area (Å²) in [5, 5.41) is 3.21. The summed E-state index contributed by atoms with van der Waals surface area (Å²) in [4.78, 5) is 10.7. The molecule has 1 N–H and O–H groups in total. The quantitative estimate of drug-likeness (QED) is 0.435. The maximum atomic E-state index is 11.0. The third-order valence-corrected chi connectivity index (χ3v) is 2.61. The van der Waals surface area contributed by atoms with Gasteiger partial charge in [0.25, 0.3) is 0 Å². The molecule has 0 fully saturated rings. The van der Waals surface area contributed by atoms with Gasteiger partial charge in [0.15, 0.2) is 0 Å². The Kier molecular flexibility index (Phi) is 8.18. The summed E-state index contributed by atoms with van der Waals surface area (Å²) in [6.45, 7) is 6.01. The highest BCUT2D eigenvalue weighted by Gasteiger charge is 2.13. The number of halogens is 1. The Morgan fingerprint density at radius 1 is 1.50 bits per heavy atom. The SMILES string of the molecule is COC(=O)C(Br)CNCCCC(C)C. The summed E-state index contributed by atoms with van der Waals surface area (Å²) < 4.78 is 4.58. The third-order valence-electron chi connectivity index (χ3n) is 1.92. The van der Waals surface area contributed by atoms with E-state index in [1.807, 2.05) is 0 Å². The minimum atomic E-state index is -0.230. The third kappa shape index (κ3) is 7.33. The van der Waals surface area contributed by atoms with E-state index in [-0.39, 0.29) is 10.8 Å². The van der Waals surface area contributed by atoms with Crippen LogP contribution in [0.3, 0.4) is 0 Å². The number of esters is 1. The van der Waals surface area contributed by atoms with Crippen molar-refractivity contribution in [2.24, 2.45) is 5.92 Å². The average Bonchev–Trinajstić information content (AvgIpc) is 2.15. The first-order valence-electron chi connectivity index (χ1n) is 5.00. The first kappa shape index (κ1) is 13.9. The van der Waals surface area contributed by atoms with Crippen LogP contribution in [0.2, 0.25) is 0 Å². The number of hydrogen-bond donors (Lipinski definition) is 1. The molecule has 0 spiro atoms. The molecule has 0 aromatic rings. The second-order valence-electron chi connectivity index (χ2n) is 3.73. The lowest BCUT2D eigenvalue weighted by Gasteiger charge is -2.09. The van der Waals surface area contributed by atoms with Gasteiger partial charge in [0.1, 0.15) is 4.83 Å². The standard InChI is InChI=1S/C10H20BrNO2/c1-8(2)5-4-6-12-7-9(11)10(13)14-3/h8-9,12H,4-7H2,1-3H3. The predicted molar refractivity (Wildman–Crippen MR) is 61.7 cm³/mol. The molecule has 0 radical (unpaired) electrons. The highest BCUT2D eigenvalue weighted by molar-refractivity contribution is 9.10. The minimum Gasteiger partial charge on any atom is -0.468 e. The van der Waals surface area contributed by atoms with Crippen LogP contribution in [0.5, 0.6) is 0 Å². The minimum absolute atomic E-state index is 0.221. The lowest BCUT2D eigenvalue weighted by Crippen LogP contribution is -2.30. The van der Waals surface area contributed by atoms with E-state index in [0.717, 1.165) is 18.9 Å². The van der Waals surface area contributed by atoms with Gasteiger partial charge in [0.2, 0.25) is 0 Å². The zero-order valence-electron chi connectivity index (χ0n) is 9.18. The van der Waals surface area contributed by atoms with Crippen molar-refractivity contribution in [2.75, 3.05) is 20.2 Å². The topological polar surface area (TPSA) is 38.3 Å². The molecule has 0 amide bonds. The Morgan fingerprint density at radius 2 is 2.14 bits per heavy atom. The van der Waals surface area contributed by atoms with Crippen molar-refractivity contribution in [1.82, 2.24) is 5.32 Å². The molecule has 0 saturated heterocycles. The van der Waals surface area contributed by atoms with Crippen molar-refractivity contribution in [1.29, 1.82) is 0 Å². The van der Waals surface area contributed by atoms with E-state index < -0.39 is 0 Å². The van der Waals surface area contributed by atoms with Crippen molar-refractivity contribution < 1.29 is 9.53 Å². The molecule has 84 valence electrons. The van der Waals surface area contributed by atoms with Crippen molar-refractivity contribution in [3.63, 3.8) is 0 Å². The van der Waals surface area contributed by atoms with Gasteiger partial charge in [0, 0.05) is 6.54 Å². The Balaban J connectivity index is 3.31. The van der Waals surface area contributed by atoms with Gasteiger partial charge in [-0.05, 0) is 25.3 Å². The molecule has 3 nitrogen and oxygen atoms in total. The zero-order valence-corrected chi connectivity index (χ0v) is 10.8. The van der Waals surface area contributed by atoms with E-state index in [2.05, 4.69) is 39.8 Å². The first-order valence-corrected chi connectivity index (χ1v) is 5.92. The maximum absolute atomic E-state index is 11.0. The van der Waals surface area contributed by atoms with Crippen LogP contribution in [0.25, 0.3) is 0 Å². The summed E-state index contributed by atoms with van der Waals surface area (Å²) in [5.41, 5.74) is 0. The highest BCUT2D eigenvalue weighted by atomic mass is 79.9. The summed E-state index contributed by atoms with van der Waals surface area (Å²) in [6, 6.07) is 0. The van der Waals surface area contributed by atoms with E-state index >= 15 is 0 Å². The van der Waals surface area contributed by atoms with Crippen molar-refractivity contribution in [2.45, 2.75) is 31.5 Å². The molecule has 0 saturated carbocycles. The van der Waals surface area contributed by atoms with Gasteiger partial charge in [0.05, 0.1) is 7.11 Å². The second kappa shape index (κ2) is 8.24. The molecule has 14 heavy (non-hydrogen) atoms. The summed E-state index contributed by atoms with van der Waals surface area (Å²) in [7, 11) is 1.40. The molecule has 1 atom stereocenters. The van der Waals surface area contributed by atoms with Gasteiger partial charge < -0.3 is 10.1 Å². The number of carbonyl (C=O) groups excluding carboxylic acids is 1. The smallest absolute Gasteiger partial charge is 0.320 e. The van der Waals surface area contributed by atoms with Crippen LogP contribution in [-0.4, -0.2) is 31.0 Å². The molecule has 0 heterocycles. The number of hydrogen-bond acceptors (Lipinski definition) is 3. The van der Waals surface area contributed by atoms with Crippen LogP contribution in [0.15, 0.2) is 0 Å². The van der Waals surface area contributed by atoms with Crippen LogP contribution in [-0.2, 0) is 9.53 Å². The molecule has 0 aromatic carbocycles. The van der Waals surface area contributed by atoms with Gasteiger partial charge in [-0.2, -0.15) is 0 Å². The van der Waals surface area contributed by atoms with Crippen molar-refractivity contribution in [3.8, 4) is 0 Å². The summed E-state index contributed by atoms with van der Waals surface area (Å²) >= 11 is 3.25. The van der Waals surface area contributed by atoms with Gasteiger partial charge in [-0.1, -0.05) is 29.8 Å². The Morgan fingerprint density at radius 3 is 2.64 bits per heavy atom. The van der Waals surface area contributed by atoms with Crippen molar-refractivity contribution >= 4 is 21.9 Å². The highest BCUT2D eigenvalue weighted by Crippen LogP contribution is 2.03. The summed E-state index contributed by atoms with van der Waals surface area (Å²) in [5.74, 6) is 0.526. The summed E-state index contributed by atoms with van der Waals surface area (Å²) in [6.07, 6.45) is 2.37. The van der Waals surface area contributed by atoms with E-state index in [9.17, 15) is 4.79 Å². The number of ether oxygens (including phenoxy) is 1. The number of carbonyl (C=O) groups is 1. The van der Waals surface area contributed by atoms with Crippen LogP contribution in [0, 0.1) is 5.92 Å². The van der Waals surface area contributed by atoms with E-state index in [4.69, 9.17) is 0 Å². The fraction of sp³-hybridized carbons (Fsp3) is 0.900. The molecule has 0 aliphatic heterocycles. The molecular formula is C10H20BrNO2. The molecular weight excluding hydrogens is 246 g/mol. The predicted octanol–water partition coefficient (Wildman–Crippen LogP) is 1.95. The first-order chi connectivity index (χ1) is 6.57. The molecule has 1 unspecified atom stereocenters. The van der Waals surface area contributed by atoms with E-state index in [0.29, 0.717) is 6.54 Å². The van der Waals surface area contributed by atoms with Gasteiger partial charge >= 0.3 is 5.97 Å². The van der Waals surface area contributed by atoms with Gasteiger partial charge in [-0.25, -0.2) is 0 Å². The molecule has 0 aliphatic rings. The molecule has 0 bridgehead atoms. The lowest BCUT2D eigenvalue weighted by molar-refractivity contribution is -0.139. The van der Waals surface area contributed by atoms with Crippen LogP contribution in [0.1, 0.15) is 26.7 Å². The zero-order chi connectivity index (χ0) is 11.0. The van der Waals surface area contributed by atoms with Crippen LogP contribution in [0.4, 0.5) is 0 Å². The molecule has 0 aliphatic carbocycles. The van der Waals surface area contributed by atoms with E-state index in [1.165, 1.54) is 13.5 Å². The number of alkyl halides is 1. The largest absolute Gasteiger partial charge is 0.468 e. The van der Waals surface area contributed by atoms with Gasteiger partial charge in [-0.15, -0.1) is 0 Å². The number of methoxy groups -OCH3 is 1. The average molecular weight is 266 g/mol. The Bertz CT molecular complexity index is 162. The van der Waals surface area contributed by atoms with Crippen molar-refractivity contribution in [3.05, 3.63) is 0 Å². The Hall–Kier alpha value is -0.0900. The fourth-order valence-corrected chi connectivity index (χ4v) is 1.49. The van der Waals surface area contributed by atoms with Crippen LogP contribution >= 0.6 is 15.9 Å². The van der Waals surface area contributed by atoms with Crippen LogP contribution < -0.4 is 5.32 Å². The number of nitrogens with one attached hydrogen (secondary N) is 1. The Labute approximate surface area is 94.7 Å².